The van der Waals surface area contributed by atoms with Crippen molar-refractivity contribution in [3.8, 4) is 0 Å². The molecular formula is C10H14N2O2S2. The highest BCUT2D eigenvalue weighted by molar-refractivity contribution is 7.73. The molecule has 4 nitrogen and oxygen atoms in total. The number of hydrogen-bond donors (Lipinski definition) is 1. The Morgan fingerprint density at radius 1 is 1.56 bits per heavy atom. The van der Waals surface area contributed by atoms with Crippen molar-refractivity contribution in [3.05, 3.63) is 14.5 Å². The van der Waals surface area contributed by atoms with E-state index in [2.05, 4.69) is 4.98 Å². The first-order valence-corrected chi connectivity index (χ1v) is 6.43. The van der Waals surface area contributed by atoms with E-state index in [0.717, 1.165) is 14.5 Å². The molecule has 1 aliphatic rings. The van der Waals surface area contributed by atoms with E-state index < -0.39 is 0 Å². The standard InChI is InChI=1S/C10H14N2O2S2/c1-7-8(16-10(15)11-7)6-9(13)12-2-4-14-5-3-12/h2-6H2,1H3,(H,11,15). The Morgan fingerprint density at radius 3 is 2.81 bits per heavy atom. The molecule has 2 rings (SSSR count). The fraction of sp³-hybridized carbons (Fsp3) is 0.600. The molecule has 0 atom stereocenters. The summed E-state index contributed by atoms with van der Waals surface area (Å²) in [7, 11) is 0. The van der Waals surface area contributed by atoms with Gasteiger partial charge in [-0.25, -0.2) is 0 Å². The molecule has 2 heterocycles. The summed E-state index contributed by atoms with van der Waals surface area (Å²) in [5.74, 6) is 0.164. The van der Waals surface area contributed by atoms with E-state index in [1.165, 1.54) is 11.3 Å². The highest BCUT2D eigenvalue weighted by Crippen LogP contribution is 2.16. The Bertz CT molecular complexity index is 432. The highest BCUT2D eigenvalue weighted by Gasteiger charge is 2.18. The summed E-state index contributed by atoms with van der Waals surface area (Å²) < 4.78 is 5.95. The lowest BCUT2D eigenvalue weighted by Gasteiger charge is -2.26. The van der Waals surface area contributed by atoms with Crippen molar-refractivity contribution in [2.24, 2.45) is 0 Å². The summed E-state index contributed by atoms with van der Waals surface area (Å²) in [4.78, 5) is 17.9. The number of amides is 1. The monoisotopic (exact) mass is 258 g/mol. The van der Waals surface area contributed by atoms with E-state index in [9.17, 15) is 4.79 Å². The number of aryl methyl sites for hydroxylation is 1. The van der Waals surface area contributed by atoms with Gasteiger partial charge in [0.2, 0.25) is 5.91 Å². The summed E-state index contributed by atoms with van der Waals surface area (Å²) in [6, 6.07) is 0. The van der Waals surface area contributed by atoms with Crippen LogP contribution in [0.5, 0.6) is 0 Å². The predicted molar refractivity (Wildman–Crippen MR) is 65.3 cm³/mol. The average molecular weight is 258 g/mol. The largest absolute Gasteiger partial charge is 0.378 e. The number of nitrogens with one attached hydrogen (secondary N) is 1. The molecule has 6 heteroatoms. The molecule has 0 bridgehead atoms. The zero-order chi connectivity index (χ0) is 11.5. The van der Waals surface area contributed by atoms with Crippen LogP contribution in [0.15, 0.2) is 0 Å². The van der Waals surface area contributed by atoms with Crippen LogP contribution in [0.3, 0.4) is 0 Å². The number of aromatic amines is 1. The molecule has 0 radical (unpaired) electrons. The molecular weight excluding hydrogens is 244 g/mol. The number of nitrogens with zero attached hydrogens (tertiary/aromatic N) is 1. The summed E-state index contributed by atoms with van der Waals surface area (Å²) in [5, 5.41) is 0. The van der Waals surface area contributed by atoms with Crippen LogP contribution in [0.25, 0.3) is 0 Å². The van der Waals surface area contributed by atoms with Crippen LogP contribution in [0.4, 0.5) is 0 Å². The molecule has 1 saturated heterocycles. The first-order chi connectivity index (χ1) is 7.66. The third-order valence-electron chi connectivity index (χ3n) is 2.60. The van der Waals surface area contributed by atoms with Gasteiger partial charge in [0.25, 0.3) is 0 Å². The molecule has 16 heavy (non-hydrogen) atoms. The summed E-state index contributed by atoms with van der Waals surface area (Å²) >= 11 is 6.53. The second-order valence-electron chi connectivity index (χ2n) is 3.73. The van der Waals surface area contributed by atoms with Gasteiger partial charge in [-0.15, -0.1) is 11.3 Å². The molecule has 1 N–H and O–H groups in total. The number of hydrogen-bond acceptors (Lipinski definition) is 4. The lowest BCUT2D eigenvalue weighted by Crippen LogP contribution is -2.41. The maximum absolute atomic E-state index is 12.0. The number of carbonyl (C=O) groups is 1. The van der Waals surface area contributed by atoms with Crippen LogP contribution in [0.2, 0.25) is 0 Å². The van der Waals surface area contributed by atoms with Gasteiger partial charge in [-0.3, -0.25) is 4.79 Å². The SMILES string of the molecule is Cc1[nH]c(=S)sc1CC(=O)N1CCOCC1. The van der Waals surface area contributed by atoms with Gasteiger partial charge in [-0.2, -0.15) is 0 Å². The zero-order valence-electron chi connectivity index (χ0n) is 9.12. The fourth-order valence-corrected chi connectivity index (χ4v) is 2.95. The van der Waals surface area contributed by atoms with Crippen molar-refractivity contribution in [3.63, 3.8) is 0 Å². The van der Waals surface area contributed by atoms with E-state index in [1.807, 2.05) is 11.8 Å². The minimum atomic E-state index is 0.164. The van der Waals surface area contributed by atoms with E-state index in [1.54, 1.807) is 0 Å². The van der Waals surface area contributed by atoms with Crippen molar-refractivity contribution < 1.29 is 9.53 Å². The van der Waals surface area contributed by atoms with E-state index >= 15 is 0 Å². The Kier molecular flexibility index (Phi) is 3.73. The molecule has 1 aromatic heterocycles. The number of H-pyrrole nitrogens is 1. The van der Waals surface area contributed by atoms with Crippen LogP contribution < -0.4 is 0 Å². The second-order valence-corrected chi connectivity index (χ2v) is 5.50. The fourth-order valence-electron chi connectivity index (χ4n) is 1.67. The first kappa shape index (κ1) is 11.8. The number of thiazole rings is 1. The Labute approximate surface area is 103 Å². The Hall–Kier alpha value is -0.720. The summed E-state index contributed by atoms with van der Waals surface area (Å²) in [6.07, 6.45) is 0.448. The van der Waals surface area contributed by atoms with Crippen LogP contribution in [-0.2, 0) is 16.0 Å². The van der Waals surface area contributed by atoms with Crippen molar-refractivity contribution in [1.82, 2.24) is 9.88 Å². The number of aromatic nitrogens is 1. The lowest BCUT2D eigenvalue weighted by molar-refractivity contribution is -0.134. The summed E-state index contributed by atoms with van der Waals surface area (Å²) in [5.41, 5.74) is 1.01. The molecule has 0 aromatic carbocycles. The van der Waals surface area contributed by atoms with E-state index in [-0.39, 0.29) is 5.91 Å². The van der Waals surface area contributed by atoms with Gasteiger partial charge in [0.1, 0.15) is 0 Å². The zero-order valence-corrected chi connectivity index (χ0v) is 10.7. The van der Waals surface area contributed by atoms with Crippen molar-refractivity contribution in [2.45, 2.75) is 13.3 Å². The van der Waals surface area contributed by atoms with Crippen molar-refractivity contribution in [2.75, 3.05) is 26.3 Å². The van der Waals surface area contributed by atoms with E-state index in [4.69, 9.17) is 17.0 Å². The lowest BCUT2D eigenvalue weighted by atomic mass is 10.2. The number of carbonyl (C=O) groups excluding carboxylic acids is 1. The molecule has 0 aliphatic carbocycles. The smallest absolute Gasteiger partial charge is 0.228 e. The average Bonchev–Trinajstić information content (AvgIpc) is 2.59. The van der Waals surface area contributed by atoms with Crippen LogP contribution in [-0.4, -0.2) is 42.1 Å². The first-order valence-electron chi connectivity index (χ1n) is 5.21. The van der Waals surface area contributed by atoms with Crippen LogP contribution >= 0.6 is 23.6 Å². The third-order valence-corrected chi connectivity index (χ3v) is 3.94. The van der Waals surface area contributed by atoms with E-state index in [0.29, 0.717) is 32.7 Å². The minimum absolute atomic E-state index is 0.164. The van der Waals surface area contributed by atoms with Crippen molar-refractivity contribution >= 4 is 29.5 Å². The van der Waals surface area contributed by atoms with Crippen LogP contribution in [0, 0.1) is 10.9 Å². The summed E-state index contributed by atoms with van der Waals surface area (Å²) in [6.45, 7) is 4.65. The van der Waals surface area contributed by atoms with Gasteiger partial charge < -0.3 is 14.6 Å². The molecule has 0 unspecified atom stereocenters. The normalized spacial score (nSPS) is 16.4. The molecule has 0 saturated carbocycles. The number of rotatable bonds is 2. The van der Waals surface area contributed by atoms with Gasteiger partial charge in [-0.1, -0.05) is 0 Å². The second kappa shape index (κ2) is 5.07. The topological polar surface area (TPSA) is 45.3 Å². The van der Waals surface area contributed by atoms with Crippen LogP contribution in [0.1, 0.15) is 10.6 Å². The minimum Gasteiger partial charge on any atom is -0.378 e. The van der Waals surface area contributed by atoms with Gasteiger partial charge in [0.15, 0.2) is 3.95 Å². The predicted octanol–water partition coefficient (Wildman–Crippen LogP) is 1.52. The Balaban J connectivity index is 2.01. The maximum Gasteiger partial charge on any atom is 0.228 e. The Morgan fingerprint density at radius 2 is 2.25 bits per heavy atom. The quantitative estimate of drug-likeness (QED) is 0.818. The molecule has 1 fully saturated rings. The number of morpholine rings is 1. The van der Waals surface area contributed by atoms with Gasteiger partial charge in [0.05, 0.1) is 19.6 Å². The maximum atomic E-state index is 12.0. The van der Waals surface area contributed by atoms with Gasteiger partial charge in [0, 0.05) is 23.7 Å². The van der Waals surface area contributed by atoms with Gasteiger partial charge in [-0.05, 0) is 19.1 Å². The molecule has 88 valence electrons. The molecule has 1 aromatic rings. The van der Waals surface area contributed by atoms with Gasteiger partial charge >= 0.3 is 0 Å². The highest BCUT2D eigenvalue weighted by atomic mass is 32.1. The van der Waals surface area contributed by atoms with Crippen molar-refractivity contribution in [1.29, 1.82) is 0 Å². The molecule has 1 amide bonds. The molecule has 0 spiro atoms. The number of ether oxygens (including phenoxy) is 1. The third kappa shape index (κ3) is 2.69. The molecule has 1 aliphatic heterocycles.